The van der Waals surface area contributed by atoms with Gasteiger partial charge >= 0.3 is 42.1 Å². The number of phenolic OH excluding ortho intramolecular Hbond substituents is 2. The van der Waals surface area contributed by atoms with Crippen molar-refractivity contribution < 1.29 is 91.7 Å². The van der Waals surface area contributed by atoms with E-state index in [9.17, 15) is 10.2 Å². The predicted octanol–water partition coefficient (Wildman–Crippen LogP) is 18.9. The van der Waals surface area contributed by atoms with Crippen molar-refractivity contribution >= 4 is 43.7 Å². The Kier molecular flexibility index (Phi) is 21.5. The van der Waals surface area contributed by atoms with Gasteiger partial charge in [0.05, 0.1) is 0 Å². The smallest absolute Gasteiger partial charge is 0.507 e. The van der Waals surface area contributed by atoms with Crippen LogP contribution in [0.3, 0.4) is 0 Å². The predicted molar refractivity (Wildman–Crippen MR) is 358 cm³/mol. The summed E-state index contributed by atoms with van der Waals surface area (Å²) < 4.78 is 24.1. The minimum atomic E-state index is 0. The third-order valence-electron chi connectivity index (χ3n) is 15.1. The van der Waals surface area contributed by atoms with E-state index in [0.29, 0.717) is 56.6 Å². The molecule has 15 heteroatoms. The van der Waals surface area contributed by atoms with Crippen molar-refractivity contribution in [1.29, 1.82) is 0 Å². The molecule has 12 nitrogen and oxygen atoms in total. The maximum Gasteiger partial charge on any atom is 2.00 e. The summed E-state index contributed by atoms with van der Waals surface area (Å²) in [7, 11) is 0. The number of fused-ring (bicyclic) bond motifs is 4. The Labute approximate surface area is 590 Å². The molecule has 0 amide bonds. The fraction of sp³-hybridized carbons (Fsp3) is 0.0250. The minimum Gasteiger partial charge on any atom is -0.507 e. The van der Waals surface area contributed by atoms with Crippen molar-refractivity contribution in [2.45, 2.75) is 12.8 Å². The second-order valence-corrected chi connectivity index (χ2v) is 21.3. The number of aromatic hydroxyl groups is 2. The number of rotatable bonds is 13. The number of hydrogen-bond acceptors (Lipinski definition) is 12. The number of pyridine rings is 4. The molecule has 0 atom stereocenters. The van der Waals surface area contributed by atoms with Crippen LogP contribution in [-0.2, 0) is 76.0 Å². The molecule has 6 heterocycles. The van der Waals surface area contributed by atoms with E-state index in [2.05, 4.69) is 90.6 Å². The van der Waals surface area contributed by atoms with Crippen LogP contribution >= 0.6 is 0 Å². The van der Waals surface area contributed by atoms with E-state index in [1.165, 1.54) is 0 Å². The van der Waals surface area contributed by atoms with Gasteiger partial charge in [0.2, 0.25) is 11.8 Å². The van der Waals surface area contributed by atoms with Gasteiger partial charge in [-0.05, 0) is 96.4 Å². The van der Waals surface area contributed by atoms with Crippen LogP contribution in [0, 0.1) is 24.3 Å². The molecule has 95 heavy (non-hydrogen) atoms. The van der Waals surface area contributed by atoms with E-state index in [1.54, 1.807) is 36.7 Å². The van der Waals surface area contributed by atoms with Crippen molar-refractivity contribution in [2.75, 3.05) is 0 Å². The summed E-state index contributed by atoms with van der Waals surface area (Å²) >= 11 is 0. The third-order valence-corrected chi connectivity index (χ3v) is 15.1. The van der Waals surface area contributed by atoms with E-state index >= 15 is 0 Å². The van der Waals surface area contributed by atoms with Crippen LogP contribution in [0.5, 0.6) is 34.8 Å². The molecule has 0 aliphatic heterocycles. The molecule has 0 bridgehead atoms. The SMILES string of the molecule is Oc1ccccc1-c1cccc2oc(-c3nc4c(-c5ccccc5O)cccc4o3)nc12.[Pt+2].[Pt+2].[Pt].[c-]1c(Cc2ccccn2)cccc1-c1[c-]c(Cc2ccccn2)ccc1.[c-]1c(Oc2nccc3ccccc23)cccc1-c1[c-]c(Oc2nccc3ccccc23)ccc1. The van der Waals surface area contributed by atoms with E-state index in [1.807, 2.05) is 207 Å². The maximum absolute atomic E-state index is 10.3. The van der Waals surface area contributed by atoms with Crippen LogP contribution in [0.15, 0.2) is 288 Å². The standard InChI is InChI=1S/C30H18N2O2.C26H16N2O4.C24H18N2.3Pt/c1-3-13-27-21(7-1)15-17-31-29(27)33-25-11-5-9-23(19-25)24-10-6-12-26(20-24)34-30-28-14-4-2-8-22(28)16-18-32-30;29-19-11-3-1-7-15(19)17-9-5-13-21-23(17)27-25(31-21)26-28-24-18(10-6-14-22(24)32-26)16-8-2-4-12-20(16)30;1-3-13-25-23(11-1)17-19-7-5-9-21(15-19)22-10-6-8-20(16-22)18-24-12-2-4-14-26-24;;;/h1-18H;1-14,29-30H;1-14H,17-18H2;;;/q-2;;-2;;2*+2. The Hall–Kier alpha value is -10.5. The zero-order valence-corrected chi connectivity index (χ0v) is 56.9. The number of hydrogen-bond donors (Lipinski definition) is 2. The molecule has 10 aromatic carbocycles. The molecule has 468 valence electrons. The summed E-state index contributed by atoms with van der Waals surface area (Å²) in [5, 5.41) is 24.6. The van der Waals surface area contributed by atoms with E-state index < -0.39 is 0 Å². The van der Waals surface area contributed by atoms with Crippen molar-refractivity contribution in [1.82, 2.24) is 29.9 Å². The molecule has 0 radical (unpaired) electrons. The van der Waals surface area contributed by atoms with Crippen LogP contribution in [0.2, 0.25) is 0 Å². The first-order chi connectivity index (χ1) is 45.4. The first-order valence-corrected chi connectivity index (χ1v) is 29.7. The number of nitrogens with zero attached hydrogens (tertiary/aromatic N) is 6. The minimum absolute atomic E-state index is 0. The zero-order valence-electron chi connectivity index (χ0n) is 50.1. The summed E-state index contributed by atoms with van der Waals surface area (Å²) in [5.74, 6) is 3.07. The molecule has 2 N–H and O–H groups in total. The number of phenols is 2. The summed E-state index contributed by atoms with van der Waals surface area (Å²) in [5.41, 5.74) is 13.3. The second-order valence-electron chi connectivity index (χ2n) is 21.3. The van der Waals surface area contributed by atoms with E-state index in [4.69, 9.17) is 18.3 Å². The van der Waals surface area contributed by atoms with Gasteiger partial charge in [-0.3, -0.25) is 9.97 Å². The fourth-order valence-electron chi connectivity index (χ4n) is 10.8. The molecule has 0 fully saturated rings. The third kappa shape index (κ3) is 15.5. The largest absolute Gasteiger partial charge is 2.00 e. The molecule has 16 aromatic rings. The summed E-state index contributed by atoms with van der Waals surface area (Å²) in [6.45, 7) is 0. The van der Waals surface area contributed by atoms with Gasteiger partial charge in [-0.25, -0.2) is 42.2 Å². The fourth-order valence-corrected chi connectivity index (χ4v) is 10.8. The Bertz CT molecular complexity index is 4930. The van der Waals surface area contributed by atoms with Crippen LogP contribution in [-0.4, -0.2) is 40.1 Å². The van der Waals surface area contributed by atoms with Crippen molar-refractivity contribution in [3.63, 3.8) is 0 Å². The summed E-state index contributed by atoms with van der Waals surface area (Å²) in [6.07, 6.45) is 8.71. The number of benzene rings is 10. The Balaban J connectivity index is 0.000000144. The van der Waals surface area contributed by atoms with Gasteiger partial charge < -0.3 is 28.5 Å². The van der Waals surface area contributed by atoms with E-state index in [-0.39, 0.29) is 86.5 Å². The van der Waals surface area contributed by atoms with Crippen LogP contribution in [0.25, 0.3) is 100 Å². The van der Waals surface area contributed by atoms with Crippen molar-refractivity contribution in [3.05, 3.63) is 326 Å². The van der Waals surface area contributed by atoms with Crippen LogP contribution in [0.4, 0.5) is 0 Å². The number of oxazole rings is 2. The Morgan fingerprint density at radius 1 is 0.337 bits per heavy atom. The van der Waals surface area contributed by atoms with Crippen molar-refractivity contribution in [2.24, 2.45) is 0 Å². The first kappa shape index (κ1) is 66.0. The molecule has 16 rings (SSSR count). The number of aromatic nitrogens is 6. The summed E-state index contributed by atoms with van der Waals surface area (Å²) in [4.78, 5) is 26.9. The quantitative estimate of drug-likeness (QED) is 0.105. The van der Waals surface area contributed by atoms with E-state index in [0.717, 1.165) is 90.3 Å². The van der Waals surface area contributed by atoms with Gasteiger partial charge in [-0.2, -0.15) is 60.7 Å². The number of ether oxygens (including phenoxy) is 2. The monoisotopic (exact) mass is 1780 g/mol. The average Bonchev–Trinajstić information content (AvgIpc) is 1.65. The zero-order chi connectivity index (χ0) is 62.0. The van der Waals surface area contributed by atoms with Crippen molar-refractivity contribution in [3.8, 4) is 91.0 Å². The Morgan fingerprint density at radius 2 is 0.716 bits per heavy atom. The van der Waals surface area contributed by atoms with Crippen LogP contribution < -0.4 is 9.47 Å². The molecule has 0 unspecified atom stereocenters. The van der Waals surface area contributed by atoms with Crippen LogP contribution in [0.1, 0.15) is 22.5 Å². The first-order valence-electron chi connectivity index (χ1n) is 29.7. The molecule has 0 aliphatic rings. The van der Waals surface area contributed by atoms with Gasteiger partial charge in [0.15, 0.2) is 11.2 Å². The maximum atomic E-state index is 10.3. The molecule has 0 saturated heterocycles. The van der Waals surface area contributed by atoms with Gasteiger partial charge in [0, 0.05) is 102 Å². The molecule has 6 aromatic heterocycles. The average molecular weight is 1780 g/mol. The summed E-state index contributed by atoms with van der Waals surface area (Å²) in [6, 6.07) is 94.9. The molecule has 0 aliphatic carbocycles. The molecule has 0 saturated carbocycles. The van der Waals surface area contributed by atoms with Gasteiger partial charge in [0.25, 0.3) is 11.8 Å². The topological polar surface area (TPSA) is 163 Å². The van der Waals surface area contributed by atoms with Gasteiger partial charge in [-0.15, -0.1) is 47.5 Å². The van der Waals surface area contributed by atoms with Gasteiger partial charge in [0.1, 0.15) is 22.5 Å². The molecular weight excluding hydrogens is 1730 g/mol. The Morgan fingerprint density at radius 3 is 1.15 bits per heavy atom. The normalized spacial score (nSPS) is 10.7. The molecule has 0 spiro atoms. The van der Waals surface area contributed by atoms with Gasteiger partial charge in [-0.1, -0.05) is 109 Å². The number of para-hydroxylation sites is 4. The molecular formula is C80H52N6O6Pt3. The second kappa shape index (κ2) is 31.0.